The summed E-state index contributed by atoms with van der Waals surface area (Å²) in [6.07, 6.45) is 3.07. The van der Waals surface area contributed by atoms with Crippen molar-refractivity contribution in [3.05, 3.63) is 107 Å². The zero-order valence-corrected chi connectivity index (χ0v) is 15.8. The van der Waals surface area contributed by atoms with E-state index in [9.17, 15) is 9.59 Å². The summed E-state index contributed by atoms with van der Waals surface area (Å²) in [6.45, 7) is 0.463. The fourth-order valence-electron chi connectivity index (χ4n) is 2.54. The second-order valence-corrected chi connectivity index (χ2v) is 6.50. The Labute approximate surface area is 168 Å². The molecule has 0 fully saturated rings. The summed E-state index contributed by atoms with van der Waals surface area (Å²) in [4.78, 5) is 24.3. The number of hydrogen-bond acceptors (Lipinski definition) is 2. The number of halogens is 1. The van der Waals surface area contributed by atoms with Gasteiger partial charge in [0.15, 0.2) is 0 Å². The highest BCUT2D eigenvalue weighted by molar-refractivity contribution is 6.32. The van der Waals surface area contributed by atoms with Crippen LogP contribution in [-0.2, 0) is 11.3 Å². The molecule has 0 heterocycles. The minimum Gasteiger partial charge on any atom is -0.348 e. The van der Waals surface area contributed by atoms with Crippen LogP contribution in [0.1, 0.15) is 21.5 Å². The van der Waals surface area contributed by atoms with Crippen molar-refractivity contribution >= 4 is 35.2 Å². The maximum Gasteiger partial charge on any atom is 0.251 e. The largest absolute Gasteiger partial charge is 0.348 e. The van der Waals surface area contributed by atoms with Gasteiger partial charge >= 0.3 is 0 Å². The second-order valence-electron chi connectivity index (χ2n) is 6.09. The molecule has 2 N–H and O–H groups in total. The third-order valence-electron chi connectivity index (χ3n) is 4.03. The van der Waals surface area contributed by atoms with Crippen molar-refractivity contribution in [1.82, 2.24) is 5.32 Å². The van der Waals surface area contributed by atoms with Crippen LogP contribution in [0.25, 0.3) is 6.08 Å². The van der Waals surface area contributed by atoms with Gasteiger partial charge in [-0.15, -0.1) is 0 Å². The third-order valence-corrected chi connectivity index (χ3v) is 4.37. The normalized spacial score (nSPS) is 10.6. The molecular weight excluding hydrogens is 372 g/mol. The molecule has 0 saturated carbocycles. The highest BCUT2D eigenvalue weighted by Gasteiger charge is 2.06. The Balaban J connectivity index is 1.54. The first-order chi connectivity index (χ1) is 13.6. The van der Waals surface area contributed by atoms with Gasteiger partial charge in [-0.25, -0.2) is 0 Å². The standard InChI is InChI=1S/C23H19ClN2O2/c24-21-9-5-4-8-18(21)12-15-22(27)26-20-13-10-19(11-14-20)23(28)25-16-17-6-2-1-3-7-17/h1-15H,16H2,(H,25,28)(H,26,27)/b15-12+. The lowest BCUT2D eigenvalue weighted by molar-refractivity contribution is -0.111. The maximum absolute atomic E-state index is 12.2. The molecule has 140 valence electrons. The van der Waals surface area contributed by atoms with Gasteiger partial charge in [-0.05, 0) is 47.5 Å². The Morgan fingerprint density at radius 3 is 2.25 bits per heavy atom. The average molecular weight is 391 g/mol. The lowest BCUT2D eigenvalue weighted by Gasteiger charge is -2.07. The number of anilines is 1. The minimum atomic E-state index is -0.277. The summed E-state index contributed by atoms with van der Waals surface area (Å²) < 4.78 is 0. The van der Waals surface area contributed by atoms with Crippen molar-refractivity contribution in [3.8, 4) is 0 Å². The van der Waals surface area contributed by atoms with Crippen molar-refractivity contribution in [2.75, 3.05) is 5.32 Å². The molecule has 0 spiro atoms. The summed E-state index contributed by atoms with van der Waals surface area (Å²) in [5.41, 5.74) is 2.93. The van der Waals surface area contributed by atoms with Crippen LogP contribution in [0.15, 0.2) is 84.9 Å². The van der Waals surface area contributed by atoms with Crippen molar-refractivity contribution in [3.63, 3.8) is 0 Å². The lowest BCUT2D eigenvalue weighted by atomic mass is 10.1. The van der Waals surface area contributed by atoms with Gasteiger partial charge in [0.25, 0.3) is 5.91 Å². The van der Waals surface area contributed by atoms with E-state index in [1.54, 1.807) is 36.4 Å². The molecule has 3 rings (SSSR count). The van der Waals surface area contributed by atoms with Gasteiger partial charge in [0, 0.05) is 28.9 Å². The molecule has 0 saturated heterocycles. The predicted molar refractivity (Wildman–Crippen MR) is 113 cm³/mol. The number of nitrogens with one attached hydrogen (secondary N) is 2. The Hall–Kier alpha value is -3.37. The van der Waals surface area contributed by atoms with E-state index < -0.39 is 0 Å². The molecule has 3 aromatic carbocycles. The molecule has 4 nitrogen and oxygen atoms in total. The Bertz CT molecular complexity index is 983. The van der Waals surface area contributed by atoms with Gasteiger partial charge in [0.1, 0.15) is 0 Å². The summed E-state index contributed by atoms with van der Waals surface area (Å²) >= 11 is 6.06. The van der Waals surface area contributed by atoms with Crippen LogP contribution in [-0.4, -0.2) is 11.8 Å². The van der Waals surface area contributed by atoms with E-state index in [1.807, 2.05) is 48.5 Å². The molecule has 0 aliphatic rings. The Morgan fingerprint density at radius 1 is 0.857 bits per heavy atom. The van der Waals surface area contributed by atoms with Crippen LogP contribution in [0.4, 0.5) is 5.69 Å². The van der Waals surface area contributed by atoms with Gasteiger partial charge in [-0.2, -0.15) is 0 Å². The van der Waals surface area contributed by atoms with Crippen LogP contribution in [0.2, 0.25) is 5.02 Å². The number of amides is 2. The van der Waals surface area contributed by atoms with Gasteiger partial charge in [-0.3, -0.25) is 9.59 Å². The molecular formula is C23H19ClN2O2. The quantitative estimate of drug-likeness (QED) is 0.587. The van der Waals surface area contributed by atoms with Gasteiger partial charge in [-0.1, -0.05) is 60.1 Å². The van der Waals surface area contributed by atoms with Crippen LogP contribution in [0, 0.1) is 0 Å². The first kappa shape index (κ1) is 19.4. The van der Waals surface area contributed by atoms with Crippen molar-refractivity contribution in [1.29, 1.82) is 0 Å². The van der Waals surface area contributed by atoms with Gasteiger partial charge in [0.2, 0.25) is 5.91 Å². The number of rotatable bonds is 6. The number of hydrogen-bond donors (Lipinski definition) is 2. The fourth-order valence-corrected chi connectivity index (χ4v) is 2.74. The summed E-state index contributed by atoms with van der Waals surface area (Å²) in [5, 5.41) is 6.21. The second kappa shape index (κ2) is 9.53. The highest BCUT2D eigenvalue weighted by atomic mass is 35.5. The molecule has 0 aliphatic heterocycles. The monoisotopic (exact) mass is 390 g/mol. The van der Waals surface area contributed by atoms with E-state index >= 15 is 0 Å². The highest BCUT2D eigenvalue weighted by Crippen LogP contribution is 2.16. The van der Waals surface area contributed by atoms with Crippen LogP contribution in [0.5, 0.6) is 0 Å². The minimum absolute atomic E-state index is 0.166. The smallest absolute Gasteiger partial charge is 0.251 e. The molecule has 0 bridgehead atoms. The molecule has 0 atom stereocenters. The lowest BCUT2D eigenvalue weighted by Crippen LogP contribution is -2.22. The van der Waals surface area contributed by atoms with Crippen molar-refractivity contribution in [2.24, 2.45) is 0 Å². The van der Waals surface area contributed by atoms with Crippen LogP contribution in [0.3, 0.4) is 0 Å². The molecule has 0 aliphatic carbocycles. The van der Waals surface area contributed by atoms with E-state index in [-0.39, 0.29) is 11.8 Å². The average Bonchev–Trinajstić information content (AvgIpc) is 2.73. The van der Waals surface area contributed by atoms with Gasteiger partial charge < -0.3 is 10.6 Å². The molecule has 2 amide bonds. The maximum atomic E-state index is 12.2. The molecule has 5 heteroatoms. The van der Waals surface area contributed by atoms with E-state index in [2.05, 4.69) is 10.6 Å². The Kier molecular flexibility index (Phi) is 6.60. The van der Waals surface area contributed by atoms with E-state index in [0.717, 1.165) is 11.1 Å². The number of carbonyl (C=O) groups excluding carboxylic acids is 2. The zero-order chi connectivity index (χ0) is 19.8. The predicted octanol–water partition coefficient (Wildman–Crippen LogP) is 4.92. The molecule has 0 radical (unpaired) electrons. The summed E-state index contributed by atoms with van der Waals surface area (Å²) in [7, 11) is 0. The summed E-state index contributed by atoms with van der Waals surface area (Å²) in [5.74, 6) is -0.443. The molecule has 28 heavy (non-hydrogen) atoms. The van der Waals surface area contributed by atoms with Crippen LogP contribution < -0.4 is 10.6 Å². The molecule has 3 aromatic rings. The zero-order valence-electron chi connectivity index (χ0n) is 15.1. The first-order valence-electron chi connectivity index (χ1n) is 8.77. The van der Waals surface area contributed by atoms with Crippen molar-refractivity contribution < 1.29 is 9.59 Å². The topological polar surface area (TPSA) is 58.2 Å². The number of benzene rings is 3. The first-order valence-corrected chi connectivity index (χ1v) is 9.15. The number of carbonyl (C=O) groups is 2. The van der Waals surface area contributed by atoms with Crippen molar-refractivity contribution in [2.45, 2.75) is 6.54 Å². The SMILES string of the molecule is O=C(/C=C/c1ccccc1Cl)Nc1ccc(C(=O)NCc2ccccc2)cc1. The van der Waals surface area contributed by atoms with E-state index in [1.165, 1.54) is 6.08 Å². The Morgan fingerprint density at radius 2 is 1.54 bits per heavy atom. The van der Waals surface area contributed by atoms with Gasteiger partial charge in [0.05, 0.1) is 0 Å². The summed E-state index contributed by atoms with van der Waals surface area (Å²) in [6, 6.07) is 23.7. The fraction of sp³-hybridized carbons (Fsp3) is 0.0435. The third kappa shape index (κ3) is 5.56. The van der Waals surface area contributed by atoms with Crippen LogP contribution >= 0.6 is 11.6 Å². The van der Waals surface area contributed by atoms with E-state index in [0.29, 0.717) is 22.8 Å². The molecule has 0 unspecified atom stereocenters. The van der Waals surface area contributed by atoms with E-state index in [4.69, 9.17) is 11.6 Å². The molecule has 0 aromatic heterocycles.